The second-order valence-electron chi connectivity index (χ2n) is 3.73. The van der Waals surface area contributed by atoms with Crippen LogP contribution in [0.1, 0.15) is 28.6 Å². The Labute approximate surface area is 89.2 Å². The van der Waals surface area contributed by atoms with Crippen molar-refractivity contribution in [3.63, 3.8) is 0 Å². The first-order valence-electron chi connectivity index (χ1n) is 4.97. The van der Waals surface area contributed by atoms with Crippen molar-refractivity contribution in [1.82, 2.24) is 0 Å². The standard InChI is InChI=1S/C13H14O2/c1-9-5-3-4-6-11(9)12(14)13-10(2)7-8-15-13/h3-8,12,14H,1-2H3. The molecule has 15 heavy (non-hydrogen) atoms. The molecule has 78 valence electrons. The van der Waals surface area contributed by atoms with Crippen LogP contribution in [-0.4, -0.2) is 5.11 Å². The zero-order valence-corrected chi connectivity index (χ0v) is 8.90. The first-order valence-corrected chi connectivity index (χ1v) is 4.97. The van der Waals surface area contributed by atoms with E-state index in [1.54, 1.807) is 6.26 Å². The molecule has 2 rings (SSSR count). The molecule has 1 heterocycles. The van der Waals surface area contributed by atoms with E-state index in [0.717, 1.165) is 16.7 Å². The number of furan rings is 1. The van der Waals surface area contributed by atoms with Gasteiger partial charge in [0, 0.05) is 0 Å². The molecule has 0 spiro atoms. The summed E-state index contributed by atoms with van der Waals surface area (Å²) in [6.45, 7) is 3.91. The fourth-order valence-electron chi connectivity index (χ4n) is 1.70. The summed E-state index contributed by atoms with van der Waals surface area (Å²) in [7, 11) is 0. The van der Waals surface area contributed by atoms with Gasteiger partial charge in [-0.05, 0) is 36.6 Å². The van der Waals surface area contributed by atoms with E-state index < -0.39 is 6.10 Å². The number of aliphatic hydroxyl groups is 1. The van der Waals surface area contributed by atoms with Crippen molar-refractivity contribution in [1.29, 1.82) is 0 Å². The fraction of sp³-hybridized carbons (Fsp3) is 0.231. The van der Waals surface area contributed by atoms with Crippen LogP contribution in [0.2, 0.25) is 0 Å². The van der Waals surface area contributed by atoms with Crippen LogP contribution in [0.15, 0.2) is 41.0 Å². The van der Waals surface area contributed by atoms with Gasteiger partial charge in [-0.1, -0.05) is 24.3 Å². The van der Waals surface area contributed by atoms with Gasteiger partial charge < -0.3 is 9.52 Å². The number of benzene rings is 1. The van der Waals surface area contributed by atoms with Crippen LogP contribution in [0, 0.1) is 13.8 Å². The van der Waals surface area contributed by atoms with Crippen molar-refractivity contribution in [3.8, 4) is 0 Å². The van der Waals surface area contributed by atoms with Gasteiger partial charge in [-0.15, -0.1) is 0 Å². The number of hydrogen-bond acceptors (Lipinski definition) is 2. The molecule has 1 aromatic carbocycles. The minimum absolute atomic E-state index is 0.629. The van der Waals surface area contributed by atoms with Crippen molar-refractivity contribution in [3.05, 3.63) is 59.0 Å². The van der Waals surface area contributed by atoms with Gasteiger partial charge in [0.15, 0.2) is 0 Å². The summed E-state index contributed by atoms with van der Waals surface area (Å²) in [5.74, 6) is 0.629. The molecule has 0 saturated carbocycles. The lowest BCUT2D eigenvalue weighted by atomic mass is 10.0. The van der Waals surface area contributed by atoms with Gasteiger partial charge in [0.1, 0.15) is 11.9 Å². The van der Waals surface area contributed by atoms with E-state index in [-0.39, 0.29) is 0 Å². The normalized spacial score (nSPS) is 12.7. The molecule has 0 amide bonds. The van der Waals surface area contributed by atoms with Crippen LogP contribution in [-0.2, 0) is 0 Å². The second kappa shape index (κ2) is 3.91. The highest BCUT2D eigenvalue weighted by Crippen LogP contribution is 2.27. The molecule has 0 aliphatic heterocycles. The lowest BCUT2D eigenvalue weighted by Crippen LogP contribution is -2.01. The lowest BCUT2D eigenvalue weighted by Gasteiger charge is -2.11. The summed E-state index contributed by atoms with van der Waals surface area (Å²) in [5.41, 5.74) is 2.95. The Morgan fingerprint density at radius 2 is 1.80 bits per heavy atom. The molecule has 2 heteroatoms. The average Bonchev–Trinajstić information content (AvgIpc) is 2.64. The smallest absolute Gasteiger partial charge is 0.139 e. The Kier molecular flexibility index (Phi) is 2.60. The summed E-state index contributed by atoms with van der Waals surface area (Å²) >= 11 is 0. The molecular weight excluding hydrogens is 188 g/mol. The monoisotopic (exact) mass is 202 g/mol. The van der Waals surface area contributed by atoms with Gasteiger partial charge in [0.25, 0.3) is 0 Å². The van der Waals surface area contributed by atoms with Crippen LogP contribution in [0.3, 0.4) is 0 Å². The number of rotatable bonds is 2. The quantitative estimate of drug-likeness (QED) is 0.812. The zero-order chi connectivity index (χ0) is 10.8. The Balaban J connectivity index is 2.41. The van der Waals surface area contributed by atoms with E-state index in [1.807, 2.05) is 44.2 Å². The predicted molar refractivity (Wildman–Crippen MR) is 58.7 cm³/mol. The maximum atomic E-state index is 10.1. The maximum absolute atomic E-state index is 10.1. The van der Waals surface area contributed by atoms with Crippen molar-refractivity contribution >= 4 is 0 Å². The van der Waals surface area contributed by atoms with Crippen LogP contribution in [0.25, 0.3) is 0 Å². The van der Waals surface area contributed by atoms with Gasteiger partial charge >= 0.3 is 0 Å². The van der Waals surface area contributed by atoms with E-state index in [0.29, 0.717) is 5.76 Å². The highest BCUT2D eigenvalue weighted by Gasteiger charge is 2.17. The summed E-state index contributed by atoms with van der Waals surface area (Å²) < 4.78 is 5.29. The number of aryl methyl sites for hydroxylation is 2. The van der Waals surface area contributed by atoms with E-state index >= 15 is 0 Å². The molecule has 1 aromatic heterocycles. The summed E-state index contributed by atoms with van der Waals surface area (Å²) in [5, 5.41) is 10.1. The van der Waals surface area contributed by atoms with Crippen molar-refractivity contribution in [2.75, 3.05) is 0 Å². The molecule has 1 unspecified atom stereocenters. The minimum Gasteiger partial charge on any atom is -0.466 e. The average molecular weight is 202 g/mol. The van der Waals surface area contributed by atoms with Crippen molar-refractivity contribution in [2.24, 2.45) is 0 Å². The lowest BCUT2D eigenvalue weighted by molar-refractivity contribution is 0.187. The van der Waals surface area contributed by atoms with Gasteiger partial charge in [0.2, 0.25) is 0 Å². The number of aliphatic hydroxyl groups excluding tert-OH is 1. The first kappa shape index (κ1) is 9.99. The molecule has 1 atom stereocenters. The topological polar surface area (TPSA) is 33.4 Å². The molecule has 1 N–H and O–H groups in total. The minimum atomic E-state index is -0.666. The van der Waals surface area contributed by atoms with Gasteiger partial charge in [0.05, 0.1) is 6.26 Å². The van der Waals surface area contributed by atoms with Crippen LogP contribution in [0.5, 0.6) is 0 Å². The molecule has 2 nitrogen and oxygen atoms in total. The highest BCUT2D eigenvalue weighted by atomic mass is 16.4. The molecule has 0 radical (unpaired) electrons. The van der Waals surface area contributed by atoms with Crippen molar-refractivity contribution < 1.29 is 9.52 Å². The summed E-state index contributed by atoms with van der Waals surface area (Å²) in [6, 6.07) is 9.64. The Morgan fingerprint density at radius 3 is 2.40 bits per heavy atom. The Morgan fingerprint density at radius 1 is 1.07 bits per heavy atom. The predicted octanol–water partition coefficient (Wildman–Crippen LogP) is 2.98. The van der Waals surface area contributed by atoms with Gasteiger partial charge in [-0.3, -0.25) is 0 Å². The molecule has 0 fully saturated rings. The molecule has 0 saturated heterocycles. The van der Waals surface area contributed by atoms with Crippen LogP contribution >= 0.6 is 0 Å². The largest absolute Gasteiger partial charge is 0.466 e. The highest BCUT2D eigenvalue weighted by molar-refractivity contribution is 5.34. The fourth-order valence-corrected chi connectivity index (χ4v) is 1.70. The van der Waals surface area contributed by atoms with E-state index in [4.69, 9.17) is 4.42 Å². The molecule has 0 aliphatic rings. The number of hydrogen-bond donors (Lipinski definition) is 1. The molecule has 2 aromatic rings. The van der Waals surface area contributed by atoms with Crippen LogP contribution in [0.4, 0.5) is 0 Å². The van der Waals surface area contributed by atoms with Crippen LogP contribution < -0.4 is 0 Å². The second-order valence-corrected chi connectivity index (χ2v) is 3.73. The van der Waals surface area contributed by atoms with E-state index in [1.165, 1.54) is 0 Å². The zero-order valence-electron chi connectivity index (χ0n) is 8.90. The maximum Gasteiger partial charge on any atom is 0.139 e. The third-order valence-corrected chi connectivity index (χ3v) is 2.63. The van der Waals surface area contributed by atoms with E-state index in [9.17, 15) is 5.11 Å². The molecular formula is C13H14O2. The third-order valence-electron chi connectivity index (χ3n) is 2.63. The van der Waals surface area contributed by atoms with E-state index in [2.05, 4.69) is 0 Å². The van der Waals surface area contributed by atoms with Gasteiger partial charge in [-0.25, -0.2) is 0 Å². The summed E-state index contributed by atoms with van der Waals surface area (Å²) in [6.07, 6.45) is 0.938. The molecule has 0 aliphatic carbocycles. The Hall–Kier alpha value is -1.54. The van der Waals surface area contributed by atoms with Crippen molar-refractivity contribution in [2.45, 2.75) is 20.0 Å². The Bertz CT molecular complexity index is 457. The summed E-state index contributed by atoms with van der Waals surface area (Å²) in [4.78, 5) is 0. The first-order chi connectivity index (χ1) is 7.20. The third kappa shape index (κ3) is 1.81. The SMILES string of the molecule is Cc1ccccc1C(O)c1occc1C. The molecule has 0 bridgehead atoms. The van der Waals surface area contributed by atoms with Gasteiger partial charge in [-0.2, -0.15) is 0 Å².